The molecule has 0 fully saturated rings. The summed E-state index contributed by atoms with van der Waals surface area (Å²) in [6.07, 6.45) is 3.96. The standard InChI is InChI=1S/C27H29FN2O/c1-2-15-29-18-19-3-4-24-17-26(14-11-23(24)16-19)30-27(31)22-7-5-20(6-8-22)21-9-12-25(28)13-10-21/h3-10,12-13,16,26,29H,2,11,14-15,17-18H2,1H3,(H,30,31). The lowest BCUT2D eigenvalue weighted by Gasteiger charge is -2.26. The largest absolute Gasteiger partial charge is 0.349 e. The number of carbonyl (C=O) groups is 1. The highest BCUT2D eigenvalue weighted by atomic mass is 19.1. The average Bonchev–Trinajstić information content (AvgIpc) is 2.80. The fourth-order valence-electron chi connectivity index (χ4n) is 4.18. The summed E-state index contributed by atoms with van der Waals surface area (Å²) < 4.78 is 13.1. The van der Waals surface area contributed by atoms with E-state index in [1.54, 1.807) is 12.1 Å². The first-order valence-corrected chi connectivity index (χ1v) is 11.1. The van der Waals surface area contributed by atoms with Crippen molar-refractivity contribution >= 4 is 5.91 Å². The third-order valence-electron chi connectivity index (χ3n) is 5.91. The first kappa shape index (κ1) is 21.3. The van der Waals surface area contributed by atoms with Crippen molar-refractivity contribution in [2.45, 2.75) is 45.2 Å². The van der Waals surface area contributed by atoms with Gasteiger partial charge in [0.15, 0.2) is 0 Å². The van der Waals surface area contributed by atoms with E-state index in [9.17, 15) is 9.18 Å². The number of carbonyl (C=O) groups excluding carboxylic acids is 1. The van der Waals surface area contributed by atoms with E-state index in [4.69, 9.17) is 0 Å². The predicted octanol–water partition coefficient (Wildman–Crippen LogP) is 5.28. The molecule has 1 amide bonds. The van der Waals surface area contributed by atoms with Gasteiger partial charge in [-0.25, -0.2) is 4.39 Å². The molecule has 0 saturated carbocycles. The van der Waals surface area contributed by atoms with E-state index in [0.29, 0.717) is 5.56 Å². The van der Waals surface area contributed by atoms with Crippen LogP contribution in [0.15, 0.2) is 66.7 Å². The van der Waals surface area contributed by atoms with E-state index < -0.39 is 0 Å². The topological polar surface area (TPSA) is 41.1 Å². The van der Waals surface area contributed by atoms with Gasteiger partial charge in [-0.05, 0) is 84.3 Å². The van der Waals surface area contributed by atoms with Crippen LogP contribution in [0, 0.1) is 5.82 Å². The molecule has 1 aliphatic carbocycles. The molecule has 3 nitrogen and oxygen atoms in total. The molecule has 0 heterocycles. The number of aryl methyl sites for hydroxylation is 1. The van der Waals surface area contributed by atoms with E-state index >= 15 is 0 Å². The van der Waals surface area contributed by atoms with E-state index in [-0.39, 0.29) is 17.8 Å². The maximum Gasteiger partial charge on any atom is 0.251 e. The maximum absolute atomic E-state index is 13.1. The molecule has 1 atom stereocenters. The van der Waals surface area contributed by atoms with Crippen LogP contribution in [0.2, 0.25) is 0 Å². The van der Waals surface area contributed by atoms with E-state index in [2.05, 4.69) is 35.8 Å². The number of hydrogen-bond donors (Lipinski definition) is 2. The van der Waals surface area contributed by atoms with E-state index in [0.717, 1.165) is 49.9 Å². The molecule has 0 aromatic heterocycles. The van der Waals surface area contributed by atoms with Gasteiger partial charge in [0, 0.05) is 18.2 Å². The molecule has 0 spiro atoms. The highest BCUT2D eigenvalue weighted by molar-refractivity contribution is 5.94. The molecule has 3 aromatic rings. The SMILES string of the molecule is CCCNCc1ccc2c(c1)CCC(NC(=O)c1ccc(-c3ccc(F)cc3)cc1)C2. The first-order valence-electron chi connectivity index (χ1n) is 11.1. The zero-order valence-corrected chi connectivity index (χ0v) is 18.0. The summed E-state index contributed by atoms with van der Waals surface area (Å²) in [6.45, 7) is 4.12. The van der Waals surface area contributed by atoms with Crippen molar-refractivity contribution in [1.29, 1.82) is 0 Å². The van der Waals surface area contributed by atoms with Gasteiger partial charge in [0.1, 0.15) is 5.82 Å². The second kappa shape index (κ2) is 9.88. The normalized spacial score (nSPS) is 15.4. The maximum atomic E-state index is 13.1. The molecule has 160 valence electrons. The predicted molar refractivity (Wildman–Crippen MR) is 124 cm³/mol. The molecule has 0 saturated heterocycles. The number of hydrogen-bond acceptors (Lipinski definition) is 2. The lowest BCUT2D eigenvalue weighted by Crippen LogP contribution is -2.38. The summed E-state index contributed by atoms with van der Waals surface area (Å²) in [6, 6.07) is 20.7. The lowest BCUT2D eigenvalue weighted by molar-refractivity contribution is 0.0933. The van der Waals surface area contributed by atoms with Gasteiger partial charge in [0.25, 0.3) is 5.91 Å². The summed E-state index contributed by atoms with van der Waals surface area (Å²) in [7, 11) is 0. The van der Waals surface area contributed by atoms with E-state index in [1.165, 1.54) is 28.8 Å². The van der Waals surface area contributed by atoms with Crippen molar-refractivity contribution in [3.05, 3.63) is 94.8 Å². The number of halogens is 1. The van der Waals surface area contributed by atoms with Crippen molar-refractivity contribution in [3.8, 4) is 11.1 Å². The smallest absolute Gasteiger partial charge is 0.251 e. The monoisotopic (exact) mass is 416 g/mol. The van der Waals surface area contributed by atoms with Crippen LogP contribution in [0.1, 0.15) is 46.8 Å². The molecule has 4 heteroatoms. The number of rotatable bonds is 7. The minimum absolute atomic E-state index is 0.0421. The molecule has 1 unspecified atom stereocenters. The molecule has 1 aliphatic rings. The fourth-order valence-corrected chi connectivity index (χ4v) is 4.18. The van der Waals surface area contributed by atoms with Gasteiger partial charge in [-0.15, -0.1) is 0 Å². The van der Waals surface area contributed by atoms with Gasteiger partial charge in [-0.1, -0.05) is 49.4 Å². The van der Waals surface area contributed by atoms with Crippen LogP contribution in [-0.4, -0.2) is 18.5 Å². The highest BCUT2D eigenvalue weighted by Crippen LogP contribution is 2.24. The van der Waals surface area contributed by atoms with Crippen LogP contribution in [0.5, 0.6) is 0 Å². The van der Waals surface area contributed by atoms with Crippen molar-refractivity contribution in [2.24, 2.45) is 0 Å². The summed E-state index contributed by atoms with van der Waals surface area (Å²) in [5, 5.41) is 6.65. The molecular formula is C27H29FN2O. The Hall–Kier alpha value is -2.98. The summed E-state index contributed by atoms with van der Waals surface area (Å²) in [5.41, 5.74) is 6.62. The van der Waals surface area contributed by atoms with Gasteiger partial charge in [0.05, 0.1) is 0 Å². The van der Waals surface area contributed by atoms with Gasteiger partial charge in [-0.3, -0.25) is 4.79 Å². The lowest BCUT2D eigenvalue weighted by atomic mass is 9.87. The minimum atomic E-state index is -0.252. The Kier molecular flexibility index (Phi) is 6.78. The summed E-state index contributed by atoms with van der Waals surface area (Å²) >= 11 is 0. The van der Waals surface area contributed by atoms with Crippen molar-refractivity contribution in [3.63, 3.8) is 0 Å². The van der Waals surface area contributed by atoms with E-state index in [1.807, 2.05) is 24.3 Å². The van der Waals surface area contributed by atoms with Gasteiger partial charge < -0.3 is 10.6 Å². The molecule has 2 N–H and O–H groups in total. The van der Waals surface area contributed by atoms with Crippen molar-refractivity contribution in [1.82, 2.24) is 10.6 Å². The van der Waals surface area contributed by atoms with Crippen LogP contribution in [0.4, 0.5) is 4.39 Å². The Bertz CT molecular complexity index is 1030. The first-order chi connectivity index (χ1) is 15.1. The minimum Gasteiger partial charge on any atom is -0.349 e. The van der Waals surface area contributed by atoms with Crippen LogP contribution in [0.3, 0.4) is 0 Å². The number of amides is 1. The summed E-state index contributed by atoms with van der Waals surface area (Å²) in [4.78, 5) is 12.7. The molecule has 0 radical (unpaired) electrons. The van der Waals surface area contributed by atoms with Crippen LogP contribution in [-0.2, 0) is 19.4 Å². The third kappa shape index (κ3) is 5.39. The molecular weight excluding hydrogens is 387 g/mol. The average molecular weight is 417 g/mol. The Morgan fingerprint density at radius 2 is 1.68 bits per heavy atom. The molecule has 31 heavy (non-hydrogen) atoms. The third-order valence-corrected chi connectivity index (χ3v) is 5.91. The van der Waals surface area contributed by atoms with Crippen molar-refractivity contribution in [2.75, 3.05) is 6.54 Å². The van der Waals surface area contributed by atoms with Crippen molar-refractivity contribution < 1.29 is 9.18 Å². The van der Waals surface area contributed by atoms with Crippen LogP contribution >= 0.6 is 0 Å². The van der Waals surface area contributed by atoms with Gasteiger partial charge >= 0.3 is 0 Å². The van der Waals surface area contributed by atoms with Crippen LogP contribution in [0.25, 0.3) is 11.1 Å². The fraction of sp³-hybridized carbons (Fsp3) is 0.296. The number of nitrogens with one attached hydrogen (secondary N) is 2. The second-order valence-corrected chi connectivity index (χ2v) is 8.28. The zero-order valence-electron chi connectivity index (χ0n) is 18.0. The Balaban J connectivity index is 1.35. The second-order valence-electron chi connectivity index (χ2n) is 8.28. The van der Waals surface area contributed by atoms with Crippen LogP contribution < -0.4 is 10.6 Å². The van der Waals surface area contributed by atoms with Gasteiger partial charge in [0.2, 0.25) is 0 Å². The number of benzene rings is 3. The molecule has 0 aliphatic heterocycles. The number of fused-ring (bicyclic) bond motifs is 1. The quantitative estimate of drug-likeness (QED) is 0.515. The highest BCUT2D eigenvalue weighted by Gasteiger charge is 2.21. The Morgan fingerprint density at radius 1 is 0.968 bits per heavy atom. The Labute approximate surface area is 183 Å². The zero-order chi connectivity index (χ0) is 21.6. The summed E-state index contributed by atoms with van der Waals surface area (Å²) in [5.74, 6) is -0.294. The molecule has 3 aromatic carbocycles. The van der Waals surface area contributed by atoms with Gasteiger partial charge in [-0.2, -0.15) is 0 Å². The Morgan fingerprint density at radius 3 is 2.39 bits per heavy atom. The molecule has 4 rings (SSSR count). The molecule has 0 bridgehead atoms.